The predicted octanol–water partition coefficient (Wildman–Crippen LogP) is 2.04. The molecule has 0 spiro atoms. The molecule has 1 amide bonds. The van der Waals surface area contributed by atoms with Crippen LogP contribution >= 0.6 is 15.9 Å². The van der Waals surface area contributed by atoms with Gasteiger partial charge in [-0.1, -0.05) is 15.9 Å². The zero-order valence-electron chi connectivity index (χ0n) is 10.7. The van der Waals surface area contributed by atoms with E-state index in [1.54, 1.807) is 20.1 Å². The lowest BCUT2D eigenvalue weighted by molar-refractivity contribution is -0.384. The molecule has 0 saturated heterocycles. The maximum Gasteiger partial charge on any atom is 0.270 e. The molecule has 1 rings (SSSR count). The Balaban J connectivity index is 2.90. The van der Waals surface area contributed by atoms with Crippen molar-refractivity contribution < 1.29 is 14.5 Å². The molecule has 0 aromatic heterocycles. The van der Waals surface area contributed by atoms with Crippen LogP contribution in [0.15, 0.2) is 18.2 Å². The van der Waals surface area contributed by atoms with Crippen molar-refractivity contribution >= 4 is 27.5 Å². The highest BCUT2D eigenvalue weighted by Gasteiger charge is 2.16. The Labute approximate surface area is 119 Å². The molecule has 0 aliphatic heterocycles. The van der Waals surface area contributed by atoms with E-state index in [2.05, 4.69) is 21.2 Å². The van der Waals surface area contributed by atoms with E-state index < -0.39 is 4.92 Å². The van der Waals surface area contributed by atoms with Gasteiger partial charge in [-0.3, -0.25) is 14.9 Å². The second-order valence-electron chi connectivity index (χ2n) is 4.09. The van der Waals surface area contributed by atoms with Gasteiger partial charge in [0.25, 0.3) is 11.6 Å². The molecule has 19 heavy (non-hydrogen) atoms. The fourth-order valence-corrected chi connectivity index (χ4v) is 1.94. The van der Waals surface area contributed by atoms with Crippen LogP contribution in [0.4, 0.5) is 5.69 Å². The number of carbonyl (C=O) groups is 1. The lowest BCUT2D eigenvalue weighted by Crippen LogP contribution is -2.39. The summed E-state index contributed by atoms with van der Waals surface area (Å²) < 4.78 is 4.96. The van der Waals surface area contributed by atoms with Crippen molar-refractivity contribution in [1.82, 2.24) is 5.32 Å². The summed E-state index contributed by atoms with van der Waals surface area (Å²) in [5.74, 6) is -0.353. The van der Waals surface area contributed by atoms with E-state index >= 15 is 0 Å². The fourth-order valence-electron chi connectivity index (χ4n) is 1.59. The monoisotopic (exact) mass is 330 g/mol. The molecular formula is C12H15BrN2O4. The smallest absolute Gasteiger partial charge is 0.270 e. The molecule has 0 radical (unpaired) electrons. The number of nitro groups is 1. The summed E-state index contributed by atoms with van der Waals surface area (Å²) in [6.07, 6.45) is 0. The number of nitrogens with zero attached hydrogens (tertiary/aromatic N) is 1. The Morgan fingerprint density at radius 1 is 1.53 bits per heavy atom. The zero-order chi connectivity index (χ0) is 14.4. The Bertz CT molecular complexity index is 479. The van der Waals surface area contributed by atoms with E-state index in [1.165, 1.54) is 12.1 Å². The van der Waals surface area contributed by atoms with Crippen molar-refractivity contribution in [3.63, 3.8) is 0 Å². The number of nitrogens with one attached hydrogen (secondary N) is 1. The number of benzene rings is 1. The molecule has 0 saturated carbocycles. The third kappa shape index (κ3) is 4.60. The van der Waals surface area contributed by atoms with Crippen LogP contribution in [0.1, 0.15) is 15.9 Å². The first-order valence-electron chi connectivity index (χ1n) is 5.59. The summed E-state index contributed by atoms with van der Waals surface area (Å²) >= 11 is 3.27. The Hall–Kier alpha value is -1.47. The topological polar surface area (TPSA) is 81.5 Å². The number of methoxy groups -OCH3 is 1. The normalized spacial score (nSPS) is 11.9. The van der Waals surface area contributed by atoms with E-state index in [9.17, 15) is 14.9 Å². The summed E-state index contributed by atoms with van der Waals surface area (Å²) in [6.45, 7) is 2.08. The SMILES string of the molecule is COCC(CBr)NC(=O)c1cc(C)cc([N+](=O)[O-])c1. The lowest BCUT2D eigenvalue weighted by atomic mass is 10.1. The number of rotatable bonds is 6. The molecule has 1 aromatic carbocycles. The Morgan fingerprint density at radius 3 is 2.74 bits per heavy atom. The van der Waals surface area contributed by atoms with Crippen molar-refractivity contribution in [2.75, 3.05) is 19.0 Å². The van der Waals surface area contributed by atoms with E-state index in [0.29, 0.717) is 17.5 Å². The van der Waals surface area contributed by atoms with Gasteiger partial charge in [0, 0.05) is 30.1 Å². The van der Waals surface area contributed by atoms with Gasteiger partial charge in [0.05, 0.1) is 17.6 Å². The Morgan fingerprint density at radius 2 is 2.21 bits per heavy atom. The highest BCUT2D eigenvalue weighted by molar-refractivity contribution is 9.09. The zero-order valence-corrected chi connectivity index (χ0v) is 12.3. The maximum absolute atomic E-state index is 12.0. The molecule has 0 heterocycles. The van der Waals surface area contributed by atoms with Gasteiger partial charge >= 0.3 is 0 Å². The van der Waals surface area contributed by atoms with Gasteiger partial charge in [0.2, 0.25) is 0 Å². The van der Waals surface area contributed by atoms with E-state index in [1.807, 2.05) is 0 Å². The number of hydrogen-bond acceptors (Lipinski definition) is 4. The molecule has 1 atom stereocenters. The number of aryl methyl sites for hydroxylation is 1. The summed E-state index contributed by atoms with van der Waals surface area (Å²) in [5, 5.41) is 14.0. The molecule has 1 aromatic rings. The first-order valence-corrected chi connectivity index (χ1v) is 6.72. The molecule has 0 aliphatic rings. The average Bonchev–Trinajstić information content (AvgIpc) is 2.37. The number of nitro benzene ring substituents is 1. The van der Waals surface area contributed by atoms with Gasteiger partial charge in [-0.15, -0.1) is 0 Å². The third-order valence-corrected chi connectivity index (χ3v) is 3.21. The summed E-state index contributed by atoms with van der Waals surface area (Å²) in [6, 6.07) is 4.12. The first-order chi connectivity index (χ1) is 8.97. The van der Waals surface area contributed by atoms with Gasteiger partial charge in [-0.25, -0.2) is 0 Å². The summed E-state index contributed by atoms with van der Waals surface area (Å²) in [7, 11) is 1.54. The number of carbonyl (C=O) groups excluding carboxylic acids is 1. The minimum atomic E-state index is -0.513. The minimum absolute atomic E-state index is 0.0905. The number of alkyl halides is 1. The third-order valence-electron chi connectivity index (χ3n) is 2.42. The predicted molar refractivity (Wildman–Crippen MR) is 74.8 cm³/mol. The lowest BCUT2D eigenvalue weighted by Gasteiger charge is -2.15. The number of non-ortho nitro benzene ring substituents is 1. The quantitative estimate of drug-likeness (QED) is 0.491. The second-order valence-corrected chi connectivity index (χ2v) is 4.74. The highest BCUT2D eigenvalue weighted by atomic mass is 79.9. The van der Waals surface area contributed by atoms with Crippen LogP contribution in [0.25, 0.3) is 0 Å². The van der Waals surface area contributed by atoms with Gasteiger partial charge in [-0.05, 0) is 18.6 Å². The molecular weight excluding hydrogens is 316 g/mol. The van der Waals surface area contributed by atoms with E-state index in [0.717, 1.165) is 0 Å². The second kappa shape index (κ2) is 7.20. The molecule has 104 valence electrons. The number of halogens is 1. The molecule has 1 N–H and O–H groups in total. The molecule has 7 heteroatoms. The average molecular weight is 331 g/mol. The maximum atomic E-state index is 12.0. The van der Waals surface area contributed by atoms with Gasteiger partial charge in [-0.2, -0.15) is 0 Å². The van der Waals surface area contributed by atoms with Crippen LogP contribution in [0, 0.1) is 17.0 Å². The molecule has 6 nitrogen and oxygen atoms in total. The van der Waals surface area contributed by atoms with Gasteiger partial charge in [0.1, 0.15) is 0 Å². The number of hydrogen-bond donors (Lipinski definition) is 1. The van der Waals surface area contributed by atoms with Crippen LogP contribution < -0.4 is 5.32 Å². The number of amides is 1. The van der Waals surface area contributed by atoms with Crippen LogP contribution in [-0.4, -0.2) is 35.9 Å². The molecule has 0 aliphatic carbocycles. The van der Waals surface area contributed by atoms with Crippen molar-refractivity contribution in [2.45, 2.75) is 13.0 Å². The summed E-state index contributed by atoms with van der Waals surface area (Å²) in [4.78, 5) is 22.2. The van der Waals surface area contributed by atoms with Crippen molar-refractivity contribution in [2.24, 2.45) is 0 Å². The Kier molecular flexibility index (Phi) is 5.91. The van der Waals surface area contributed by atoms with E-state index in [-0.39, 0.29) is 23.2 Å². The minimum Gasteiger partial charge on any atom is -0.383 e. The standard InChI is InChI=1S/C12H15BrN2O4/c1-8-3-9(5-11(4-8)15(17)18)12(16)14-10(6-13)7-19-2/h3-5,10H,6-7H2,1-2H3,(H,14,16). The largest absolute Gasteiger partial charge is 0.383 e. The summed E-state index contributed by atoms with van der Waals surface area (Å²) in [5.41, 5.74) is 0.850. The van der Waals surface area contributed by atoms with Crippen LogP contribution in [-0.2, 0) is 4.74 Å². The number of ether oxygens (including phenoxy) is 1. The first kappa shape index (κ1) is 15.6. The fraction of sp³-hybridized carbons (Fsp3) is 0.417. The van der Waals surface area contributed by atoms with Crippen LogP contribution in [0.5, 0.6) is 0 Å². The van der Waals surface area contributed by atoms with Gasteiger partial charge < -0.3 is 10.1 Å². The molecule has 0 bridgehead atoms. The van der Waals surface area contributed by atoms with Crippen molar-refractivity contribution in [1.29, 1.82) is 0 Å². The van der Waals surface area contributed by atoms with Crippen molar-refractivity contribution in [3.8, 4) is 0 Å². The van der Waals surface area contributed by atoms with Crippen molar-refractivity contribution in [3.05, 3.63) is 39.4 Å². The van der Waals surface area contributed by atoms with Crippen LogP contribution in [0.3, 0.4) is 0 Å². The van der Waals surface area contributed by atoms with E-state index in [4.69, 9.17) is 4.74 Å². The molecule has 1 unspecified atom stereocenters. The van der Waals surface area contributed by atoms with Gasteiger partial charge in [0.15, 0.2) is 0 Å². The van der Waals surface area contributed by atoms with Crippen LogP contribution in [0.2, 0.25) is 0 Å². The molecule has 0 fully saturated rings. The highest BCUT2D eigenvalue weighted by Crippen LogP contribution is 2.16.